The van der Waals surface area contributed by atoms with Gasteiger partial charge in [-0.1, -0.05) is 41.9 Å². The molecule has 0 atom stereocenters. The van der Waals surface area contributed by atoms with Crippen molar-refractivity contribution >= 4 is 23.2 Å². The van der Waals surface area contributed by atoms with Gasteiger partial charge in [0.2, 0.25) is 0 Å². The summed E-state index contributed by atoms with van der Waals surface area (Å²) in [6, 6.07) is 20.2. The Labute approximate surface area is 133 Å². The molecule has 110 valence electrons. The van der Waals surface area contributed by atoms with Gasteiger partial charge in [-0.15, -0.1) is 0 Å². The highest BCUT2D eigenvalue weighted by Crippen LogP contribution is 2.29. The molecule has 0 spiro atoms. The van der Waals surface area contributed by atoms with Crippen LogP contribution in [0.4, 0.5) is 5.69 Å². The molecule has 3 aromatic rings. The second-order valence-corrected chi connectivity index (χ2v) is 5.25. The van der Waals surface area contributed by atoms with E-state index >= 15 is 0 Å². The molecule has 1 aromatic heterocycles. The van der Waals surface area contributed by atoms with Gasteiger partial charge in [-0.25, -0.2) is 0 Å². The highest BCUT2D eigenvalue weighted by atomic mass is 35.5. The number of amides is 1. The molecule has 0 aliphatic rings. The average molecular weight is 312 g/mol. The molecule has 22 heavy (non-hydrogen) atoms. The minimum atomic E-state index is -0.204. The summed E-state index contributed by atoms with van der Waals surface area (Å²) in [6.07, 6.45) is 0. The molecule has 0 aliphatic carbocycles. The number of para-hydroxylation sites is 1. The Morgan fingerprint density at radius 3 is 2.36 bits per heavy atom. The summed E-state index contributed by atoms with van der Waals surface area (Å²) in [4.78, 5) is 14.0. The van der Waals surface area contributed by atoms with E-state index in [2.05, 4.69) is 0 Å². The van der Waals surface area contributed by atoms with Crippen molar-refractivity contribution in [3.8, 4) is 11.3 Å². The standard InChI is InChI=1S/C18H14ClNO2/c1-20(13-7-3-2-4-8-13)18(21)17-12-11-16(22-17)14-9-5-6-10-15(14)19/h2-12H,1H3. The third-order valence-corrected chi connectivity index (χ3v) is 3.73. The van der Waals surface area contributed by atoms with Crippen LogP contribution >= 0.6 is 11.6 Å². The maximum absolute atomic E-state index is 12.5. The van der Waals surface area contributed by atoms with Crippen LogP contribution in [0.1, 0.15) is 10.6 Å². The summed E-state index contributed by atoms with van der Waals surface area (Å²) in [6.45, 7) is 0. The lowest BCUT2D eigenvalue weighted by molar-refractivity contribution is 0.0967. The van der Waals surface area contributed by atoms with E-state index in [1.54, 1.807) is 30.1 Å². The number of hydrogen-bond acceptors (Lipinski definition) is 2. The summed E-state index contributed by atoms with van der Waals surface area (Å²) in [7, 11) is 1.72. The fourth-order valence-electron chi connectivity index (χ4n) is 2.19. The Bertz CT molecular complexity index is 796. The molecule has 0 unspecified atom stereocenters. The summed E-state index contributed by atoms with van der Waals surface area (Å²) in [5.41, 5.74) is 1.58. The van der Waals surface area contributed by atoms with E-state index < -0.39 is 0 Å². The number of carbonyl (C=O) groups excluding carboxylic acids is 1. The topological polar surface area (TPSA) is 33.5 Å². The average Bonchev–Trinajstić information content (AvgIpc) is 3.04. The molecule has 3 nitrogen and oxygen atoms in total. The van der Waals surface area contributed by atoms with Crippen molar-refractivity contribution in [1.29, 1.82) is 0 Å². The Morgan fingerprint density at radius 2 is 1.64 bits per heavy atom. The third-order valence-electron chi connectivity index (χ3n) is 3.40. The van der Waals surface area contributed by atoms with E-state index in [1.807, 2.05) is 48.5 Å². The van der Waals surface area contributed by atoms with Crippen LogP contribution < -0.4 is 4.90 Å². The number of benzene rings is 2. The van der Waals surface area contributed by atoms with Crippen molar-refractivity contribution in [2.24, 2.45) is 0 Å². The monoisotopic (exact) mass is 311 g/mol. The van der Waals surface area contributed by atoms with E-state index in [9.17, 15) is 4.79 Å². The van der Waals surface area contributed by atoms with Gasteiger partial charge >= 0.3 is 0 Å². The molecule has 3 rings (SSSR count). The van der Waals surface area contributed by atoms with Crippen LogP contribution in [0.15, 0.2) is 71.1 Å². The van der Waals surface area contributed by atoms with Gasteiger partial charge in [-0.3, -0.25) is 4.79 Å². The van der Waals surface area contributed by atoms with Gasteiger partial charge < -0.3 is 9.32 Å². The van der Waals surface area contributed by atoms with E-state index in [4.69, 9.17) is 16.0 Å². The molecule has 0 fully saturated rings. The van der Waals surface area contributed by atoms with Gasteiger partial charge in [0.05, 0.1) is 5.02 Å². The number of nitrogens with zero attached hydrogens (tertiary/aromatic N) is 1. The molecule has 0 saturated heterocycles. The molecular weight excluding hydrogens is 298 g/mol. The third kappa shape index (κ3) is 2.76. The highest BCUT2D eigenvalue weighted by molar-refractivity contribution is 6.33. The van der Waals surface area contributed by atoms with E-state index in [0.717, 1.165) is 11.3 Å². The van der Waals surface area contributed by atoms with Gasteiger partial charge in [0, 0.05) is 18.3 Å². The van der Waals surface area contributed by atoms with Gasteiger partial charge in [0.1, 0.15) is 5.76 Å². The maximum atomic E-state index is 12.5. The largest absolute Gasteiger partial charge is 0.451 e. The zero-order chi connectivity index (χ0) is 15.5. The smallest absolute Gasteiger partial charge is 0.293 e. The van der Waals surface area contributed by atoms with Crippen LogP contribution in [-0.4, -0.2) is 13.0 Å². The van der Waals surface area contributed by atoms with Crippen LogP contribution in [0.3, 0.4) is 0 Å². The number of furan rings is 1. The highest BCUT2D eigenvalue weighted by Gasteiger charge is 2.18. The van der Waals surface area contributed by atoms with Crippen LogP contribution in [0.5, 0.6) is 0 Å². The summed E-state index contributed by atoms with van der Waals surface area (Å²) in [5, 5.41) is 0.590. The predicted octanol–water partition coefficient (Wildman–Crippen LogP) is 4.88. The first-order chi connectivity index (χ1) is 10.7. The van der Waals surface area contributed by atoms with E-state index in [0.29, 0.717) is 10.8 Å². The van der Waals surface area contributed by atoms with Crippen molar-refractivity contribution in [3.05, 3.63) is 77.5 Å². The van der Waals surface area contributed by atoms with Crippen molar-refractivity contribution in [3.63, 3.8) is 0 Å². The first kappa shape index (κ1) is 14.4. The van der Waals surface area contributed by atoms with Crippen LogP contribution in [0.2, 0.25) is 5.02 Å². The van der Waals surface area contributed by atoms with E-state index in [1.165, 1.54) is 0 Å². The van der Waals surface area contributed by atoms with Gasteiger partial charge in [-0.2, -0.15) is 0 Å². The number of carbonyl (C=O) groups is 1. The molecule has 0 aliphatic heterocycles. The molecule has 2 aromatic carbocycles. The minimum absolute atomic E-state index is 0.204. The van der Waals surface area contributed by atoms with E-state index in [-0.39, 0.29) is 11.7 Å². The van der Waals surface area contributed by atoms with Crippen molar-refractivity contribution < 1.29 is 9.21 Å². The Hall–Kier alpha value is -2.52. The first-order valence-electron chi connectivity index (χ1n) is 6.84. The summed E-state index contributed by atoms with van der Waals surface area (Å²) < 4.78 is 5.68. The molecule has 1 amide bonds. The minimum Gasteiger partial charge on any atom is -0.451 e. The van der Waals surface area contributed by atoms with Gasteiger partial charge in [-0.05, 0) is 36.4 Å². The Kier molecular flexibility index (Phi) is 3.98. The molecule has 0 saturated carbocycles. The normalized spacial score (nSPS) is 10.5. The Morgan fingerprint density at radius 1 is 0.955 bits per heavy atom. The van der Waals surface area contributed by atoms with Gasteiger partial charge in [0.25, 0.3) is 5.91 Å². The lowest BCUT2D eigenvalue weighted by Crippen LogP contribution is -2.25. The molecule has 4 heteroatoms. The molecule has 1 heterocycles. The van der Waals surface area contributed by atoms with Gasteiger partial charge in [0.15, 0.2) is 5.76 Å². The maximum Gasteiger partial charge on any atom is 0.293 e. The zero-order valence-electron chi connectivity index (χ0n) is 12.0. The van der Waals surface area contributed by atoms with Crippen molar-refractivity contribution in [2.75, 3.05) is 11.9 Å². The SMILES string of the molecule is CN(C(=O)c1ccc(-c2ccccc2Cl)o1)c1ccccc1. The van der Waals surface area contributed by atoms with Crippen LogP contribution in [0.25, 0.3) is 11.3 Å². The number of anilines is 1. The van der Waals surface area contributed by atoms with Crippen molar-refractivity contribution in [1.82, 2.24) is 0 Å². The molecule has 0 radical (unpaired) electrons. The molecule has 0 N–H and O–H groups in total. The fraction of sp³-hybridized carbons (Fsp3) is 0.0556. The lowest BCUT2D eigenvalue weighted by Gasteiger charge is -2.15. The predicted molar refractivity (Wildman–Crippen MR) is 88.3 cm³/mol. The van der Waals surface area contributed by atoms with Crippen LogP contribution in [0, 0.1) is 0 Å². The summed E-state index contributed by atoms with van der Waals surface area (Å²) >= 11 is 6.15. The second-order valence-electron chi connectivity index (χ2n) is 4.84. The number of rotatable bonds is 3. The second kappa shape index (κ2) is 6.08. The van der Waals surface area contributed by atoms with Crippen LogP contribution in [-0.2, 0) is 0 Å². The quantitative estimate of drug-likeness (QED) is 0.691. The molecular formula is C18H14ClNO2. The Balaban J connectivity index is 1.88. The van der Waals surface area contributed by atoms with Crippen molar-refractivity contribution in [2.45, 2.75) is 0 Å². The summed E-state index contributed by atoms with van der Waals surface area (Å²) in [5.74, 6) is 0.654. The first-order valence-corrected chi connectivity index (χ1v) is 7.22. The fourth-order valence-corrected chi connectivity index (χ4v) is 2.42. The lowest BCUT2D eigenvalue weighted by atomic mass is 10.2. The zero-order valence-corrected chi connectivity index (χ0v) is 12.7. The number of hydrogen-bond donors (Lipinski definition) is 0. The molecule has 0 bridgehead atoms. The number of halogens is 1.